The molecule has 1 heterocycles. The topological polar surface area (TPSA) is 49.4 Å². The minimum atomic E-state index is -0.107. The maximum absolute atomic E-state index is 11.2. The van der Waals surface area contributed by atoms with Crippen molar-refractivity contribution in [2.75, 3.05) is 19.6 Å². The summed E-state index contributed by atoms with van der Waals surface area (Å²) in [5.74, 6) is 0.0469. The van der Waals surface area contributed by atoms with Crippen molar-refractivity contribution in [3.05, 3.63) is 0 Å². The van der Waals surface area contributed by atoms with E-state index >= 15 is 0 Å². The van der Waals surface area contributed by atoms with Crippen LogP contribution < -0.4 is 5.32 Å². The molecule has 1 aliphatic rings. The number of piperazine rings is 1. The van der Waals surface area contributed by atoms with Gasteiger partial charge in [-0.25, -0.2) is 0 Å². The van der Waals surface area contributed by atoms with E-state index in [1.54, 1.807) is 0 Å². The molecule has 0 aliphatic carbocycles. The summed E-state index contributed by atoms with van der Waals surface area (Å²) in [5, 5.41) is 2.77. The molecule has 4 nitrogen and oxygen atoms in total. The van der Waals surface area contributed by atoms with E-state index < -0.39 is 0 Å². The molecule has 1 atom stereocenters. The number of amides is 1. The van der Waals surface area contributed by atoms with Crippen molar-refractivity contribution in [1.29, 1.82) is 0 Å². The van der Waals surface area contributed by atoms with Crippen LogP contribution in [0.25, 0.3) is 0 Å². The van der Waals surface area contributed by atoms with Gasteiger partial charge in [0.2, 0.25) is 5.91 Å². The molecule has 1 amide bonds. The van der Waals surface area contributed by atoms with Crippen LogP contribution in [0.1, 0.15) is 13.3 Å². The normalized spacial score (nSPS) is 25.1. The fourth-order valence-corrected chi connectivity index (χ4v) is 1.52. The van der Waals surface area contributed by atoms with Gasteiger partial charge in [0.25, 0.3) is 0 Å². The second-order valence-electron chi connectivity index (χ2n) is 2.88. The van der Waals surface area contributed by atoms with Gasteiger partial charge >= 0.3 is 0 Å². The fourth-order valence-electron chi connectivity index (χ4n) is 1.52. The molecule has 0 radical (unpaired) electrons. The zero-order chi connectivity index (χ0) is 8.97. The first kappa shape index (κ1) is 9.19. The average Bonchev–Trinajstić information content (AvgIpc) is 2.05. The van der Waals surface area contributed by atoms with Gasteiger partial charge in [-0.15, -0.1) is 0 Å². The fraction of sp³-hybridized carbons (Fsp3) is 0.750. The first-order valence-electron chi connectivity index (χ1n) is 4.25. The van der Waals surface area contributed by atoms with Crippen LogP contribution in [-0.2, 0) is 9.59 Å². The van der Waals surface area contributed by atoms with Crippen LogP contribution in [-0.4, -0.2) is 42.8 Å². The highest BCUT2D eigenvalue weighted by Crippen LogP contribution is 2.06. The summed E-state index contributed by atoms with van der Waals surface area (Å²) in [5.41, 5.74) is 0. The van der Waals surface area contributed by atoms with Gasteiger partial charge in [-0.3, -0.25) is 9.69 Å². The Hall–Kier alpha value is -0.900. The molecule has 0 spiro atoms. The molecule has 4 heteroatoms. The highest BCUT2D eigenvalue weighted by atomic mass is 16.2. The lowest BCUT2D eigenvalue weighted by Gasteiger charge is -2.32. The summed E-state index contributed by atoms with van der Waals surface area (Å²) in [4.78, 5) is 23.4. The monoisotopic (exact) mass is 170 g/mol. The minimum absolute atomic E-state index is 0.0469. The second kappa shape index (κ2) is 4.21. The van der Waals surface area contributed by atoms with Crippen molar-refractivity contribution in [3.63, 3.8) is 0 Å². The molecular weight excluding hydrogens is 156 g/mol. The molecule has 1 fully saturated rings. The number of carbonyl (C=O) groups excluding carboxylic acids is 2. The number of hydrogen-bond donors (Lipinski definition) is 1. The molecule has 1 saturated heterocycles. The van der Waals surface area contributed by atoms with Gasteiger partial charge in [-0.05, 0) is 6.42 Å². The van der Waals surface area contributed by atoms with Gasteiger partial charge in [0.05, 0.1) is 12.6 Å². The summed E-state index contributed by atoms with van der Waals surface area (Å²) >= 11 is 0. The van der Waals surface area contributed by atoms with Crippen LogP contribution in [0, 0.1) is 0 Å². The largest absolute Gasteiger partial charge is 0.353 e. The Bertz CT molecular complexity index is 182. The highest BCUT2D eigenvalue weighted by Gasteiger charge is 2.26. The van der Waals surface area contributed by atoms with Gasteiger partial charge < -0.3 is 10.1 Å². The van der Waals surface area contributed by atoms with E-state index in [0.717, 1.165) is 19.3 Å². The lowest BCUT2D eigenvalue weighted by Crippen LogP contribution is -2.55. The van der Waals surface area contributed by atoms with Crippen LogP contribution in [0.5, 0.6) is 0 Å². The summed E-state index contributed by atoms with van der Waals surface area (Å²) in [6.45, 7) is 3.76. The maximum atomic E-state index is 11.2. The molecule has 1 unspecified atom stereocenters. The quantitative estimate of drug-likeness (QED) is 0.575. The van der Waals surface area contributed by atoms with Gasteiger partial charge in [-0.1, -0.05) is 6.92 Å². The third-order valence-electron chi connectivity index (χ3n) is 2.14. The number of hydrogen-bond acceptors (Lipinski definition) is 3. The van der Waals surface area contributed by atoms with Gasteiger partial charge in [0, 0.05) is 13.1 Å². The van der Waals surface area contributed by atoms with Crippen molar-refractivity contribution < 1.29 is 9.59 Å². The van der Waals surface area contributed by atoms with Crippen LogP contribution in [0.2, 0.25) is 0 Å². The average molecular weight is 170 g/mol. The molecular formula is C8H14N2O2. The summed E-state index contributed by atoms with van der Waals surface area (Å²) in [6, 6.07) is -0.107. The number of nitrogens with one attached hydrogen (secondary N) is 1. The molecule has 68 valence electrons. The Balaban J connectivity index is 2.57. The summed E-state index contributed by atoms with van der Waals surface area (Å²) in [6.07, 6.45) is 1.61. The Kier molecular flexibility index (Phi) is 3.22. The number of aldehydes is 1. The molecule has 0 bridgehead atoms. The molecule has 0 aromatic carbocycles. The SMILES string of the molecule is CCC1C(=O)NCCN1CC=O. The highest BCUT2D eigenvalue weighted by molar-refractivity contribution is 5.82. The molecule has 0 aromatic heterocycles. The van der Waals surface area contributed by atoms with Crippen LogP contribution in [0.3, 0.4) is 0 Å². The van der Waals surface area contributed by atoms with E-state index in [9.17, 15) is 9.59 Å². The zero-order valence-electron chi connectivity index (χ0n) is 7.25. The predicted octanol–water partition coefficient (Wildman–Crippen LogP) is -0.604. The van der Waals surface area contributed by atoms with Crippen molar-refractivity contribution in [2.45, 2.75) is 19.4 Å². The predicted molar refractivity (Wildman–Crippen MR) is 44.7 cm³/mol. The van der Waals surface area contributed by atoms with Crippen molar-refractivity contribution >= 4 is 12.2 Å². The van der Waals surface area contributed by atoms with Crippen molar-refractivity contribution in [1.82, 2.24) is 10.2 Å². The first-order valence-corrected chi connectivity index (χ1v) is 4.25. The number of nitrogens with zero attached hydrogens (tertiary/aromatic N) is 1. The molecule has 1 aliphatic heterocycles. The van der Waals surface area contributed by atoms with Crippen LogP contribution in [0.4, 0.5) is 0 Å². The smallest absolute Gasteiger partial charge is 0.237 e. The summed E-state index contributed by atoms with van der Waals surface area (Å²) < 4.78 is 0. The number of rotatable bonds is 3. The van der Waals surface area contributed by atoms with E-state index in [-0.39, 0.29) is 11.9 Å². The van der Waals surface area contributed by atoms with E-state index in [4.69, 9.17) is 0 Å². The van der Waals surface area contributed by atoms with Gasteiger partial charge in [0.1, 0.15) is 6.29 Å². The third-order valence-corrected chi connectivity index (χ3v) is 2.14. The number of carbonyl (C=O) groups is 2. The van der Waals surface area contributed by atoms with Crippen LogP contribution in [0.15, 0.2) is 0 Å². The molecule has 1 N–H and O–H groups in total. The Labute approximate surface area is 71.9 Å². The minimum Gasteiger partial charge on any atom is -0.353 e. The van der Waals surface area contributed by atoms with Gasteiger partial charge in [0.15, 0.2) is 0 Å². The Morgan fingerprint density at radius 1 is 1.75 bits per heavy atom. The van der Waals surface area contributed by atoms with Crippen LogP contribution >= 0.6 is 0 Å². The molecule has 1 rings (SSSR count). The zero-order valence-corrected chi connectivity index (χ0v) is 7.25. The van der Waals surface area contributed by atoms with E-state index in [1.807, 2.05) is 11.8 Å². The molecule has 0 aromatic rings. The lowest BCUT2D eigenvalue weighted by molar-refractivity contribution is -0.129. The van der Waals surface area contributed by atoms with Crippen molar-refractivity contribution in [2.24, 2.45) is 0 Å². The molecule has 0 saturated carbocycles. The second-order valence-corrected chi connectivity index (χ2v) is 2.88. The van der Waals surface area contributed by atoms with Crippen molar-refractivity contribution in [3.8, 4) is 0 Å². The Morgan fingerprint density at radius 3 is 3.08 bits per heavy atom. The van der Waals surface area contributed by atoms with E-state index in [1.165, 1.54) is 0 Å². The van der Waals surface area contributed by atoms with Gasteiger partial charge in [-0.2, -0.15) is 0 Å². The third kappa shape index (κ3) is 1.82. The van der Waals surface area contributed by atoms with E-state index in [0.29, 0.717) is 13.1 Å². The van der Waals surface area contributed by atoms with E-state index in [2.05, 4.69) is 5.32 Å². The maximum Gasteiger partial charge on any atom is 0.237 e. The summed E-state index contributed by atoms with van der Waals surface area (Å²) in [7, 11) is 0. The standard InChI is InChI=1S/C8H14N2O2/c1-2-7-8(12)9-3-4-10(7)5-6-11/h6-7H,2-5H2,1H3,(H,9,12). The Morgan fingerprint density at radius 2 is 2.50 bits per heavy atom. The lowest BCUT2D eigenvalue weighted by atomic mass is 10.1. The first-order chi connectivity index (χ1) is 5.79. The molecule has 12 heavy (non-hydrogen) atoms.